The van der Waals surface area contributed by atoms with Crippen molar-refractivity contribution in [1.82, 2.24) is 0 Å². The van der Waals surface area contributed by atoms with E-state index in [4.69, 9.17) is 9.76 Å². The van der Waals surface area contributed by atoms with Crippen LogP contribution in [-0.4, -0.2) is 23.2 Å². The van der Waals surface area contributed by atoms with Gasteiger partial charge in [-0.2, -0.15) is 0 Å². The molecule has 0 unspecified atom stereocenters. The fourth-order valence-corrected chi connectivity index (χ4v) is 1.80. The summed E-state index contributed by atoms with van der Waals surface area (Å²) >= 11 is 0. The van der Waals surface area contributed by atoms with Gasteiger partial charge < -0.3 is 14.8 Å². The Morgan fingerprint density at radius 3 is 2.93 bits per heavy atom. The van der Waals surface area contributed by atoms with E-state index in [0.29, 0.717) is 24.1 Å². The Morgan fingerprint density at radius 2 is 2.27 bits per heavy atom. The maximum Gasteiger partial charge on any atom is 0.522 e. The summed E-state index contributed by atoms with van der Waals surface area (Å²) in [4.78, 5) is 11.0. The summed E-state index contributed by atoms with van der Waals surface area (Å²) in [5, 5.41) is 18.4. The highest BCUT2D eigenvalue weighted by molar-refractivity contribution is 6.44. The number of benzene rings is 1. The maximum absolute atomic E-state index is 11.0. The molecule has 0 aromatic heterocycles. The molecule has 0 atom stereocenters. The Kier molecular flexibility index (Phi) is 2.40. The molecule has 0 amide bonds. The van der Waals surface area contributed by atoms with Crippen molar-refractivity contribution in [3.8, 4) is 5.75 Å². The summed E-state index contributed by atoms with van der Waals surface area (Å²) in [5.41, 5.74) is 1.66. The molecule has 1 heterocycles. The lowest BCUT2D eigenvalue weighted by molar-refractivity contribution is 0.0693. The first-order valence-corrected chi connectivity index (χ1v) is 4.80. The SMILES string of the molecule is Cc1ccc2c(c1C(=O)O)OB(O)CC2. The molecule has 1 aliphatic rings. The Bertz CT molecular complexity index is 416. The minimum atomic E-state index is -1.02. The highest BCUT2D eigenvalue weighted by Gasteiger charge is 2.28. The predicted octanol–water partition coefficient (Wildman–Crippen LogP) is 1.11. The first-order valence-electron chi connectivity index (χ1n) is 4.80. The quantitative estimate of drug-likeness (QED) is 0.675. The molecule has 0 fully saturated rings. The Labute approximate surface area is 87.6 Å². The predicted molar refractivity (Wildman–Crippen MR) is 55.3 cm³/mol. The van der Waals surface area contributed by atoms with Crippen molar-refractivity contribution in [2.75, 3.05) is 0 Å². The van der Waals surface area contributed by atoms with Crippen LogP contribution in [0.3, 0.4) is 0 Å². The average Bonchev–Trinajstić information content (AvgIpc) is 2.16. The van der Waals surface area contributed by atoms with Gasteiger partial charge in [0.1, 0.15) is 11.3 Å². The first-order chi connectivity index (χ1) is 7.09. The van der Waals surface area contributed by atoms with E-state index in [9.17, 15) is 9.82 Å². The van der Waals surface area contributed by atoms with E-state index in [1.165, 1.54) is 0 Å². The van der Waals surface area contributed by atoms with Gasteiger partial charge in [-0.3, -0.25) is 0 Å². The van der Waals surface area contributed by atoms with Crippen LogP contribution in [0.25, 0.3) is 0 Å². The van der Waals surface area contributed by atoms with Crippen LogP contribution in [0.15, 0.2) is 12.1 Å². The van der Waals surface area contributed by atoms with E-state index in [1.807, 2.05) is 6.07 Å². The van der Waals surface area contributed by atoms with Crippen molar-refractivity contribution >= 4 is 13.1 Å². The number of aromatic carboxylic acids is 1. The third kappa shape index (κ3) is 1.70. The molecule has 1 aromatic rings. The fourth-order valence-electron chi connectivity index (χ4n) is 1.80. The van der Waals surface area contributed by atoms with Crippen molar-refractivity contribution < 1.29 is 19.6 Å². The smallest absolute Gasteiger partial charge is 0.522 e. The molecule has 0 radical (unpaired) electrons. The van der Waals surface area contributed by atoms with Crippen molar-refractivity contribution in [3.05, 3.63) is 28.8 Å². The standard InChI is InChI=1S/C10H11BO4/c1-6-2-3-7-4-5-11(14)15-9(7)8(6)10(12)13/h2-3,14H,4-5H2,1H3,(H,12,13). The largest absolute Gasteiger partial charge is 0.535 e. The number of hydrogen-bond donors (Lipinski definition) is 2. The van der Waals surface area contributed by atoms with E-state index in [2.05, 4.69) is 0 Å². The average molecular weight is 206 g/mol. The molecule has 0 spiro atoms. The number of carboxylic acid groups (broad SMARTS) is 1. The maximum atomic E-state index is 11.0. The zero-order valence-electron chi connectivity index (χ0n) is 8.36. The van der Waals surface area contributed by atoms with Crippen LogP contribution >= 0.6 is 0 Å². The highest BCUT2D eigenvalue weighted by atomic mass is 16.5. The molecule has 2 rings (SSSR count). The minimum Gasteiger partial charge on any atom is -0.535 e. The van der Waals surface area contributed by atoms with Crippen LogP contribution in [0.5, 0.6) is 5.75 Å². The molecule has 15 heavy (non-hydrogen) atoms. The van der Waals surface area contributed by atoms with Crippen LogP contribution in [0, 0.1) is 6.92 Å². The summed E-state index contributed by atoms with van der Waals surface area (Å²) < 4.78 is 5.18. The number of carboxylic acids is 1. The van der Waals surface area contributed by atoms with Crippen molar-refractivity contribution in [1.29, 1.82) is 0 Å². The number of carbonyl (C=O) groups is 1. The van der Waals surface area contributed by atoms with Gasteiger partial charge in [-0.25, -0.2) is 4.79 Å². The van der Waals surface area contributed by atoms with Crippen molar-refractivity contribution in [2.24, 2.45) is 0 Å². The number of aryl methyl sites for hydroxylation is 2. The highest BCUT2D eigenvalue weighted by Crippen LogP contribution is 2.32. The summed E-state index contributed by atoms with van der Waals surface area (Å²) in [5.74, 6) is -0.695. The number of fused-ring (bicyclic) bond motifs is 1. The van der Waals surface area contributed by atoms with Gasteiger partial charge in [0.25, 0.3) is 0 Å². The topological polar surface area (TPSA) is 66.8 Å². The normalized spacial score (nSPS) is 14.4. The Hall–Kier alpha value is -1.49. The third-order valence-corrected chi connectivity index (χ3v) is 2.58. The summed E-state index contributed by atoms with van der Waals surface area (Å²) in [6.45, 7) is 1.72. The Balaban J connectivity index is 2.57. The fraction of sp³-hybridized carbons (Fsp3) is 0.300. The summed E-state index contributed by atoms with van der Waals surface area (Å²) in [6, 6.07) is 3.62. The minimum absolute atomic E-state index is 0.159. The van der Waals surface area contributed by atoms with E-state index in [-0.39, 0.29) is 5.56 Å². The van der Waals surface area contributed by atoms with Gasteiger partial charge in [-0.1, -0.05) is 12.1 Å². The third-order valence-electron chi connectivity index (χ3n) is 2.58. The zero-order valence-corrected chi connectivity index (χ0v) is 8.36. The van der Waals surface area contributed by atoms with Gasteiger partial charge in [-0.15, -0.1) is 0 Å². The second-order valence-corrected chi connectivity index (χ2v) is 3.66. The van der Waals surface area contributed by atoms with Gasteiger partial charge >= 0.3 is 13.1 Å². The molecule has 1 aliphatic heterocycles. The molecule has 0 aliphatic carbocycles. The lowest BCUT2D eigenvalue weighted by atomic mass is 9.78. The van der Waals surface area contributed by atoms with Gasteiger partial charge in [0.05, 0.1) is 0 Å². The molecule has 4 nitrogen and oxygen atoms in total. The monoisotopic (exact) mass is 206 g/mol. The van der Waals surface area contributed by atoms with E-state index >= 15 is 0 Å². The number of hydrogen-bond acceptors (Lipinski definition) is 3. The van der Waals surface area contributed by atoms with Crippen LogP contribution in [0.1, 0.15) is 21.5 Å². The second-order valence-electron chi connectivity index (χ2n) is 3.66. The first kappa shape index (κ1) is 10.0. The summed E-state index contributed by atoms with van der Waals surface area (Å²) in [6.07, 6.45) is 1.16. The van der Waals surface area contributed by atoms with Crippen LogP contribution in [-0.2, 0) is 6.42 Å². The second kappa shape index (κ2) is 3.58. The van der Waals surface area contributed by atoms with Crippen LogP contribution in [0.4, 0.5) is 0 Å². The summed E-state index contributed by atoms with van der Waals surface area (Å²) in [7, 11) is -0.891. The number of rotatable bonds is 1. The molecular weight excluding hydrogens is 195 g/mol. The van der Waals surface area contributed by atoms with Gasteiger partial charge in [0.2, 0.25) is 0 Å². The molecular formula is C10H11BO4. The van der Waals surface area contributed by atoms with Gasteiger partial charge in [0, 0.05) is 0 Å². The van der Waals surface area contributed by atoms with Crippen LogP contribution in [0.2, 0.25) is 6.32 Å². The lowest BCUT2D eigenvalue weighted by Gasteiger charge is -2.22. The van der Waals surface area contributed by atoms with Crippen LogP contribution < -0.4 is 4.65 Å². The Morgan fingerprint density at radius 1 is 1.53 bits per heavy atom. The molecule has 78 valence electrons. The van der Waals surface area contributed by atoms with E-state index in [0.717, 1.165) is 5.56 Å². The van der Waals surface area contributed by atoms with Gasteiger partial charge in [0.15, 0.2) is 0 Å². The molecule has 5 heteroatoms. The molecule has 0 saturated heterocycles. The molecule has 0 bridgehead atoms. The molecule has 1 aromatic carbocycles. The van der Waals surface area contributed by atoms with E-state index < -0.39 is 13.1 Å². The zero-order chi connectivity index (χ0) is 11.0. The molecule has 2 N–H and O–H groups in total. The van der Waals surface area contributed by atoms with E-state index in [1.54, 1.807) is 13.0 Å². The van der Waals surface area contributed by atoms with Crippen molar-refractivity contribution in [2.45, 2.75) is 19.7 Å². The molecule has 0 saturated carbocycles. The lowest BCUT2D eigenvalue weighted by Crippen LogP contribution is -2.28. The van der Waals surface area contributed by atoms with Crippen molar-refractivity contribution in [3.63, 3.8) is 0 Å². The van der Waals surface area contributed by atoms with Gasteiger partial charge in [-0.05, 0) is 30.8 Å².